The van der Waals surface area contributed by atoms with Crippen molar-refractivity contribution < 1.29 is 24.5 Å². The second-order valence-electron chi connectivity index (χ2n) is 4.02. The summed E-state index contributed by atoms with van der Waals surface area (Å²) in [4.78, 5) is 11.0. The average Bonchev–Trinajstić information content (AvgIpc) is 2.73. The molecule has 4 N–H and O–H groups in total. The van der Waals surface area contributed by atoms with E-state index in [4.69, 9.17) is 20.3 Å². The summed E-state index contributed by atoms with van der Waals surface area (Å²) in [6.07, 6.45) is 1.23. The molecule has 20 heavy (non-hydrogen) atoms. The van der Waals surface area contributed by atoms with Crippen LogP contribution in [-0.4, -0.2) is 35.0 Å². The van der Waals surface area contributed by atoms with Crippen molar-refractivity contribution in [3.63, 3.8) is 0 Å². The molecule has 1 aromatic carbocycles. The Kier molecular flexibility index (Phi) is 3.43. The minimum absolute atomic E-state index is 0.0784. The van der Waals surface area contributed by atoms with Gasteiger partial charge >= 0.3 is 5.97 Å². The molecular weight excluding hydrogens is 264 g/mol. The van der Waals surface area contributed by atoms with Crippen molar-refractivity contribution in [1.82, 2.24) is 4.57 Å². The number of aromatic carboxylic acids is 1. The summed E-state index contributed by atoms with van der Waals surface area (Å²) in [5.41, 5.74) is 5.94. The lowest BCUT2D eigenvalue weighted by Crippen LogP contribution is -2.05. The van der Waals surface area contributed by atoms with Gasteiger partial charge in [-0.05, 0) is 0 Å². The Hall–Kier alpha value is -2.83. The van der Waals surface area contributed by atoms with Crippen LogP contribution in [0.5, 0.6) is 17.2 Å². The highest BCUT2D eigenvalue weighted by Gasteiger charge is 2.20. The minimum atomic E-state index is -1.30. The summed E-state index contributed by atoms with van der Waals surface area (Å²) in [6, 6.07) is 4.95. The molecule has 0 saturated carbocycles. The normalized spacial score (nSPS) is 10.3. The number of hydrogen-bond donors (Lipinski definition) is 3. The van der Waals surface area contributed by atoms with E-state index in [1.807, 2.05) is 0 Å². The van der Waals surface area contributed by atoms with Crippen LogP contribution in [0.3, 0.4) is 0 Å². The van der Waals surface area contributed by atoms with Crippen LogP contribution >= 0.6 is 0 Å². The number of benzene rings is 1. The fraction of sp³-hybridized carbons (Fsp3) is 0.154. The van der Waals surface area contributed by atoms with Gasteiger partial charge in [-0.1, -0.05) is 0 Å². The Morgan fingerprint density at radius 1 is 1.20 bits per heavy atom. The Balaban J connectivity index is 2.62. The maximum absolute atomic E-state index is 11.0. The molecule has 0 unspecified atom stereocenters. The number of carboxylic acids is 1. The number of methoxy groups -OCH3 is 2. The molecule has 2 aromatic rings. The fourth-order valence-electron chi connectivity index (χ4n) is 1.87. The fourth-order valence-corrected chi connectivity index (χ4v) is 1.87. The number of hydrogen-bond acceptors (Lipinski definition) is 5. The molecule has 0 aliphatic rings. The maximum Gasteiger partial charge on any atom is 0.343 e. The third-order valence-corrected chi connectivity index (χ3v) is 2.85. The molecule has 0 radical (unpaired) electrons. The SMILES string of the molecule is COc1cc(OC)cc(-n2cc(O)c(C(=O)O)c2N)c1. The summed E-state index contributed by atoms with van der Waals surface area (Å²) in [5.74, 6) is -0.747. The molecule has 0 bridgehead atoms. The molecule has 1 aromatic heterocycles. The van der Waals surface area contributed by atoms with Gasteiger partial charge in [0, 0.05) is 18.2 Å². The van der Waals surface area contributed by atoms with Crippen LogP contribution in [0, 0.1) is 0 Å². The second kappa shape index (κ2) is 5.04. The lowest BCUT2D eigenvalue weighted by atomic mass is 10.2. The zero-order chi connectivity index (χ0) is 14.9. The summed E-state index contributed by atoms with van der Waals surface area (Å²) >= 11 is 0. The zero-order valence-electron chi connectivity index (χ0n) is 11.0. The second-order valence-corrected chi connectivity index (χ2v) is 4.02. The first kappa shape index (κ1) is 13.6. The molecule has 0 saturated heterocycles. The molecule has 7 nitrogen and oxygen atoms in total. The standard InChI is InChI=1S/C13H14N2O5/c1-19-8-3-7(4-9(5-8)20-2)15-6-10(16)11(12(15)14)13(17)18/h3-6,16H,14H2,1-2H3,(H,17,18). The molecule has 7 heteroatoms. The molecule has 2 rings (SSSR count). The first-order valence-corrected chi connectivity index (χ1v) is 5.64. The number of nitrogens with two attached hydrogens (primary N) is 1. The number of carboxylic acid groups (broad SMARTS) is 1. The lowest BCUT2D eigenvalue weighted by molar-refractivity contribution is 0.0695. The predicted molar refractivity (Wildman–Crippen MR) is 71.9 cm³/mol. The lowest BCUT2D eigenvalue weighted by Gasteiger charge is -2.10. The number of nitrogens with zero attached hydrogens (tertiary/aromatic N) is 1. The first-order valence-electron chi connectivity index (χ1n) is 5.64. The third-order valence-electron chi connectivity index (χ3n) is 2.85. The van der Waals surface area contributed by atoms with Crippen LogP contribution in [0.15, 0.2) is 24.4 Å². The topological polar surface area (TPSA) is 107 Å². The Bertz CT molecular complexity index is 641. The van der Waals surface area contributed by atoms with Gasteiger partial charge in [0.25, 0.3) is 0 Å². The highest BCUT2D eigenvalue weighted by atomic mass is 16.5. The van der Waals surface area contributed by atoms with E-state index in [0.717, 1.165) is 0 Å². The van der Waals surface area contributed by atoms with E-state index in [0.29, 0.717) is 17.2 Å². The summed E-state index contributed by atoms with van der Waals surface area (Å²) < 4.78 is 11.6. The summed E-state index contributed by atoms with van der Waals surface area (Å²) in [6.45, 7) is 0. The molecule has 0 atom stereocenters. The van der Waals surface area contributed by atoms with Gasteiger partial charge in [0.1, 0.15) is 28.6 Å². The Labute approximate surface area is 114 Å². The van der Waals surface area contributed by atoms with Gasteiger partial charge in [0.15, 0.2) is 0 Å². The van der Waals surface area contributed by atoms with Gasteiger partial charge in [-0.3, -0.25) is 4.57 Å². The highest BCUT2D eigenvalue weighted by molar-refractivity contribution is 5.96. The van der Waals surface area contributed by atoms with E-state index in [-0.39, 0.29) is 11.4 Å². The number of aromatic hydroxyl groups is 1. The van der Waals surface area contributed by atoms with E-state index < -0.39 is 11.7 Å². The van der Waals surface area contributed by atoms with Crippen LogP contribution in [0.2, 0.25) is 0 Å². The summed E-state index contributed by atoms with van der Waals surface area (Å²) in [7, 11) is 3.00. The van der Waals surface area contributed by atoms with Crippen molar-refractivity contribution in [2.24, 2.45) is 0 Å². The quantitative estimate of drug-likeness (QED) is 0.782. The van der Waals surface area contributed by atoms with Crippen molar-refractivity contribution in [2.45, 2.75) is 0 Å². The number of anilines is 1. The minimum Gasteiger partial charge on any atom is -0.505 e. The largest absolute Gasteiger partial charge is 0.505 e. The van der Waals surface area contributed by atoms with Gasteiger partial charge in [-0.2, -0.15) is 0 Å². The molecule has 0 amide bonds. The molecule has 106 valence electrons. The maximum atomic E-state index is 11.0. The average molecular weight is 278 g/mol. The van der Waals surface area contributed by atoms with Crippen LogP contribution in [-0.2, 0) is 0 Å². The smallest absolute Gasteiger partial charge is 0.343 e. The number of aromatic nitrogens is 1. The van der Waals surface area contributed by atoms with Gasteiger partial charge in [0.2, 0.25) is 0 Å². The van der Waals surface area contributed by atoms with Gasteiger partial charge in [0.05, 0.1) is 26.1 Å². The van der Waals surface area contributed by atoms with E-state index >= 15 is 0 Å². The predicted octanol–water partition coefficient (Wildman–Crippen LogP) is 1.48. The zero-order valence-corrected chi connectivity index (χ0v) is 11.0. The number of ether oxygens (including phenoxy) is 2. The molecule has 0 spiro atoms. The molecule has 0 aliphatic carbocycles. The number of rotatable bonds is 4. The van der Waals surface area contributed by atoms with Crippen molar-refractivity contribution in [3.05, 3.63) is 30.0 Å². The van der Waals surface area contributed by atoms with E-state index in [2.05, 4.69) is 0 Å². The molecule has 1 heterocycles. The van der Waals surface area contributed by atoms with Crippen molar-refractivity contribution in [3.8, 4) is 22.9 Å². The van der Waals surface area contributed by atoms with Crippen LogP contribution in [0.25, 0.3) is 5.69 Å². The van der Waals surface area contributed by atoms with E-state index in [9.17, 15) is 9.90 Å². The Morgan fingerprint density at radius 3 is 2.15 bits per heavy atom. The number of carbonyl (C=O) groups is 1. The Morgan fingerprint density at radius 2 is 1.75 bits per heavy atom. The van der Waals surface area contributed by atoms with Gasteiger partial charge < -0.3 is 25.4 Å². The summed E-state index contributed by atoms with van der Waals surface area (Å²) in [5, 5.41) is 18.7. The molecule has 0 fully saturated rings. The van der Waals surface area contributed by atoms with Gasteiger partial charge in [-0.25, -0.2) is 4.79 Å². The van der Waals surface area contributed by atoms with Crippen molar-refractivity contribution in [1.29, 1.82) is 0 Å². The van der Waals surface area contributed by atoms with E-state index in [1.165, 1.54) is 25.0 Å². The monoisotopic (exact) mass is 278 g/mol. The van der Waals surface area contributed by atoms with Crippen LogP contribution in [0.4, 0.5) is 5.82 Å². The van der Waals surface area contributed by atoms with Gasteiger partial charge in [-0.15, -0.1) is 0 Å². The van der Waals surface area contributed by atoms with Crippen LogP contribution < -0.4 is 15.2 Å². The molecular formula is C13H14N2O5. The highest BCUT2D eigenvalue weighted by Crippen LogP contribution is 2.32. The van der Waals surface area contributed by atoms with Crippen LogP contribution in [0.1, 0.15) is 10.4 Å². The van der Waals surface area contributed by atoms with Crippen molar-refractivity contribution in [2.75, 3.05) is 20.0 Å². The third kappa shape index (κ3) is 2.20. The van der Waals surface area contributed by atoms with Crippen molar-refractivity contribution >= 4 is 11.8 Å². The molecule has 0 aliphatic heterocycles. The van der Waals surface area contributed by atoms with E-state index in [1.54, 1.807) is 18.2 Å². The first-order chi connectivity index (χ1) is 9.47. The number of nitrogen functional groups attached to an aromatic ring is 1.